The van der Waals surface area contributed by atoms with E-state index in [2.05, 4.69) is 4.90 Å². The third-order valence-corrected chi connectivity index (χ3v) is 5.35. The first-order valence-corrected chi connectivity index (χ1v) is 9.36. The normalized spacial score (nSPS) is 17.7. The molecule has 2 aromatic carbocycles. The Bertz CT molecular complexity index is 763. The van der Waals surface area contributed by atoms with Crippen LogP contribution >= 0.6 is 0 Å². The Hall–Kier alpha value is -2.56. The monoisotopic (exact) mass is 353 g/mol. The van der Waals surface area contributed by atoms with Crippen molar-refractivity contribution in [3.8, 4) is 0 Å². The minimum atomic E-state index is -0.204. The van der Waals surface area contributed by atoms with E-state index in [1.807, 2.05) is 40.1 Å². The van der Waals surface area contributed by atoms with E-state index in [4.69, 9.17) is 0 Å². The van der Waals surface area contributed by atoms with Crippen molar-refractivity contribution < 1.29 is 9.18 Å². The van der Waals surface area contributed by atoms with Crippen LogP contribution in [0.2, 0.25) is 0 Å². The van der Waals surface area contributed by atoms with Gasteiger partial charge in [0.2, 0.25) is 0 Å². The van der Waals surface area contributed by atoms with Crippen LogP contribution in [0, 0.1) is 5.82 Å². The maximum Gasteiger partial charge on any atom is 0.253 e. The Morgan fingerprint density at radius 1 is 0.769 bits per heavy atom. The second kappa shape index (κ2) is 7.36. The van der Waals surface area contributed by atoms with E-state index < -0.39 is 0 Å². The van der Waals surface area contributed by atoms with Gasteiger partial charge < -0.3 is 14.7 Å². The standard InChI is InChI=1S/C21H24FN3O/c22-19-5-1-2-6-20(19)24-13-15-25(16-14-24)21(26)17-7-9-18(10-8-17)23-11-3-4-12-23/h1-2,5-10H,3-4,11-16H2. The average Bonchev–Trinajstić information content (AvgIpc) is 3.23. The van der Waals surface area contributed by atoms with Crippen molar-refractivity contribution in [2.24, 2.45) is 0 Å². The molecule has 2 saturated heterocycles. The number of para-hydroxylation sites is 1. The molecule has 26 heavy (non-hydrogen) atoms. The van der Waals surface area contributed by atoms with Gasteiger partial charge in [0.1, 0.15) is 5.82 Å². The first kappa shape index (κ1) is 16.9. The summed E-state index contributed by atoms with van der Waals surface area (Å²) >= 11 is 0. The highest BCUT2D eigenvalue weighted by Crippen LogP contribution is 2.23. The van der Waals surface area contributed by atoms with E-state index >= 15 is 0 Å². The van der Waals surface area contributed by atoms with Crippen LogP contribution in [0.4, 0.5) is 15.8 Å². The van der Waals surface area contributed by atoms with Gasteiger partial charge in [0.25, 0.3) is 5.91 Å². The van der Waals surface area contributed by atoms with E-state index in [0.29, 0.717) is 31.9 Å². The summed E-state index contributed by atoms with van der Waals surface area (Å²) in [4.78, 5) is 19.0. The van der Waals surface area contributed by atoms with Gasteiger partial charge in [0, 0.05) is 50.5 Å². The molecule has 4 nitrogen and oxygen atoms in total. The molecule has 136 valence electrons. The topological polar surface area (TPSA) is 26.8 Å². The van der Waals surface area contributed by atoms with Gasteiger partial charge in [-0.25, -0.2) is 4.39 Å². The number of halogens is 1. The second-order valence-electron chi connectivity index (χ2n) is 6.97. The highest BCUT2D eigenvalue weighted by Gasteiger charge is 2.23. The van der Waals surface area contributed by atoms with Crippen LogP contribution in [-0.2, 0) is 0 Å². The predicted molar refractivity (Wildman–Crippen MR) is 102 cm³/mol. The fourth-order valence-corrected chi connectivity index (χ4v) is 3.83. The zero-order chi connectivity index (χ0) is 17.9. The van der Waals surface area contributed by atoms with Crippen molar-refractivity contribution >= 4 is 17.3 Å². The minimum absolute atomic E-state index is 0.0613. The van der Waals surface area contributed by atoms with E-state index in [-0.39, 0.29) is 11.7 Å². The van der Waals surface area contributed by atoms with Crippen LogP contribution in [0.25, 0.3) is 0 Å². The molecule has 0 aromatic heterocycles. The lowest BCUT2D eigenvalue weighted by Gasteiger charge is -2.36. The highest BCUT2D eigenvalue weighted by molar-refractivity contribution is 5.94. The average molecular weight is 353 g/mol. The van der Waals surface area contributed by atoms with Crippen molar-refractivity contribution in [2.45, 2.75) is 12.8 Å². The molecule has 0 aliphatic carbocycles. The number of benzene rings is 2. The molecule has 0 N–H and O–H groups in total. The molecule has 2 fully saturated rings. The van der Waals surface area contributed by atoms with Crippen LogP contribution in [0.1, 0.15) is 23.2 Å². The van der Waals surface area contributed by atoms with Gasteiger partial charge in [-0.1, -0.05) is 12.1 Å². The van der Waals surface area contributed by atoms with Gasteiger partial charge in [-0.05, 0) is 49.2 Å². The van der Waals surface area contributed by atoms with Gasteiger partial charge in [0.15, 0.2) is 0 Å². The first-order chi connectivity index (χ1) is 12.7. The van der Waals surface area contributed by atoms with Crippen LogP contribution in [0.15, 0.2) is 48.5 Å². The lowest BCUT2D eigenvalue weighted by atomic mass is 10.1. The molecule has 2 aliphatic heterocycles. The molecule has 2 heterocycles. The molecule has 2 aliphatic rings. The smallest absolute Gasteiger partial charge is 0.253 e. The quantitative estimate of drug-likeness (QED) is 0.846. The van der Waals surface area contributed by atoms with Crippen LogP contribution in [0.3, 0.4) is 0 Å². The molecule has 2 aromatic rings. The molecule has 0 saturated carbocycles. The number of hydrogen-bond donors (Lipinski definition) is 0. The van der Waals surface area contributed by atoms with Crippen molar-refractivity contribution in [3.63, 3.8) is 0 Å². The highest BCUT2D eigenvalue weighted by atomic mass is 19.1. The van der Waals surface area contributed by atoms with Crippen LogP contribution in [-0.4, -0.2) is 50.1 Å². The summed E-state index contributed by atoms with van der Waals surface area (Å²) in [5.74, 6) is -0.143. The maximum atomic E-state index is 13.9. The fourth-order valence-electron chi connectivity index (χ4n) is 3.83. The van der Waals surface area contributed by atoms with Gasteiger partial charge in [-0.2, -0.15) is 0 Å². The summed E-state index contributed by atoms with van der Waals surface area (Å²) in [7, 11) is 0. The molecule has 5 heteroatoms. The molecule has 1 amide bonds. The van der Waals surface area contributed by atoms with E-state index in [1.54, 1.807) is 12.1 Å². The summed E-state index contributed by atoms with van der Waals surface area (Å²) in [6.07, 6.45) is 2.49. The van der Waals surface area contributed by atoms with E-state index in [9.17, 15) is 9.18 Å². The Labute approximate surface area is 153 Å². The van der Waals surface area contributed by atoms with Crippen molar-refractivity contribution in [2.75, 3.05) is 49.1 Å². The number of hydrogen-bond acceptors (Lipinski definition) is 3. The minimum Gasteiger partial charge on any atom is -0.372 e. The summed E-state index contributed by atoms with van der Waals surface area (Å²) in [6, 6.07) is 14.8. The summed E-state index contributed by atoms with van der Waals surface area (Å²) < 4.78 is 13.9. The summed E-state index contributed by atoms with van der Waals surface area (Å²) in [5, 5.41) is 0. The van der Waals surface area contributed by atoms with Gasteiger partial charge in [-0.15, -0.1) is 0 Å². The molecular formula is C21H24FN3O. The predicted octanol–water partition coefficient (Wildman–Crippen LogP) is 3.39. The number of amides is 1. The Balaban J connectivity index is 1.38. The number of piperazine rings is 1. The third kappa shape index (κ3) is 3.39. The lowest BCUT2D eigenvalue weighted by molar-refractivity contribution is 0.0746. The number of carbonyl (C=O) groups excluding carboxylic acids is 1. The number of rotatable bonds is 3. The van der Waals surface area contributed by atoms with Gasteiger partial charge in [-0.3, -0.25) is 4.79 Å². The lowest BCUT2D eigenvalue weighted by Crippen LogP contribution is -2.49. The van der Waals surface area contributed by atoms with Crippen molar-refractivity contribution in [1.82, 2.24) is 4.90 Å². The van der Waals surface area contributed by atoms with Crippen molar-refractivity contribution in [3.05, 3.63) is 59.9 Å². The molecule has 0 atom stereocenters. The largest absolute Gasteiger partial charge is 0.372 e. The maximum absolute atomic E-state index is 13.9. The number of anilines is 2. The zero-order valence-electron chi connectivity index (χ0n) is 14.9. The van der Waals surface area contributed by atoms with Crippen LogP contribution < -0.4 is 9.80 Å². The zero-order valence-corrected chi connectivity index (χ0v) is 14.9. The third-order valence-electron chi connectivity index (χ3n) is 5.35. The van der Waals surface area contributed by atoms with Gasteiger partial charge in [0.05, 0.1) is 5.69 Å². The Morgan fingerprint density at radius 3 is 2.08 bits per heavy atom. The van der Waals surface area contributed by atoms with Crippen LogP contribution in [0.5, 0.6) is 0 Å². The van der Waals surface area contributed by atoms with Gasteiger partial charge >= 0.3 is 0 Å². The molecule has 0 radical (unpaired) electrons. The SMILES string of the molecule is O=C(c1ccc(N2CCCC2)cc1)N1CCN(c2ccccc2F)CC1. The molecule has 0 bridgehead atoms. The molecule has 0 spiro atoms. The van der Waals surface area contributed by atoms with Crippen molar-refractivity contribution in [1.29, 1.82) is 0 Å². The summed E-state index contributed by atoms with van der Waals surface area (Å²) in [5.41, 5.74) is 2.55. The Morgan fingerprint density at radius 2 is 1.42 bits per heavy atom. The fraction of sp³-hybridized carbons (Fsp3) is 0.381. The Kier molecular flexibility index (Phi) is 4.78. The van der Waals surface area contributed by atoms with E-state index in [0.717, 1.165) is 18.7 Å². The number of carbonyl (C=O) groups is 1. The molecule has 0 unspecified atom stereocenters. The second-order valence-corrected chi connectivity index (χ2v) is 6.97. The molecule has 4 rings (SSSR count). The molecular weight excluding hydrogens is 329 g/mol. The number of nitrogens with zero attached hydrogens (tertiary/aromatic N) is 3. The first-order valence-electron chi connectivity index (χ1n) is 9.36. The summed E-state index contributed by atoms with van der Waals surface area (Å²) in [6.45, 7) is 4.73. The van der Waals surface area contributed by atoms with E-state index in [1.165, 1.54) is 24.6 Å².